The highest BCUT2D eigenvalue weighted by atomic mass is 16.5. The number of hydrogen-bond acceptors (Lipinski definition) is 3. The summed E-state index contributed by atoms with van der Waals surface area (Å²) in [5.74, 6) is 0. The van der Waals surface area contributed by atoms with Crippen molar-refractivity contribution in [3.63, 3.8) is 0 Å². The van der Waals surface area contributed by atoms with E-state index >= 15 is 0 Å². The van der Waals surface area contributed by atoms with Crippen LogP contribution in [0.25, 0.3) is 0 Å². The fourth-order valence-corrected chi connectivity index (χ4v) is 2.98. The SMILES string of the molecule is CCOCCOC1CC(NC)C1(CC)CC. The second kappa shape index (κ2) is 6.58. The van der Waals surface area contributed by atoms with Gasteiger partial charge in [0, 0.05) is 18.1 Å². The number of hydrogen-bond donors (Lipinski definition) is 1. The largest absolute Gasteiger partial charge is 0.379 e. The first kappa shape index (κ1) is 13.9. The Hall–Kier alpha value is -0.120. The van der Waals surface area contributed by atoms with Gasteiger partial charge in [-0.3, -0.25) is 0 Å². The highest BCUT2D eigenvalue weighted by Crippen LogP contribution is 2.48. The Morgan fingerprint density at radius 1 is 1.19 bits per heavy atom. The molecule has 1 N–H and O–H groups in total. The minimum Gasteiger partial charge on any atom is -0.379 e. The molecule has 0 aromatic rings. The molecule has 0 aromatic carbocycles. The van der Waals surface area contributed by atoms with Crippen LogP contribution in [0.15, 0.2) is 0 Å². The van der Waals surface area contributed by atoms with Gasteiger partial charge < -0.3 is 14.8 Å². The predicted molar refractivity (Wildman–Crippen MR) is 66.7 cm³/mol. The fraction of sp³-hybridized carbons (Fsp3) is 1.00. The Bertz CT molecular complexity index is 192. The molecular weight excluding hydrogens is 202 g/mol. The van der Waals surface area contributed by atoms with E-state index in [0.29, 0.717) is 17.6 Å². The molecule has 1 saturated carbocycles. The first-order valence-electron chi connectivity index (χ1n) is 6.61. The maximum absolute atomic E-state index is 5.94. The van der Waals surface area contributed by atoms with Gasteiger partial charge in [0.2, 0.25) is 0 Å². The van der Waals surface area contributed by atoms with Crippen LogP contribution in [0.1, 0.15) is 40.0 Å². The Morgan fingerprint density at radius 2 is 1.88 bits per heavy atom. The quantitative estimate of drug-likeness (QED) is 0.647. The Labute approximate surface area is 99.9 Å². The van der Waals surface area contributed by atoms with Gasteiger partial charge >= 0.3 is 0 Å². The smallest absolute Gasteiger partial charge is 0.0704 e. The van der Waals surface area contributed by atoms with E-state index in [9.17, 15) is 0 Å². The molecule has 96 valence electrons. The van der Waals surface area contributed by atoms with Crippen LogP contribution in [0.4, 0.5) is 0 Å². The van der Waals surface area contributed by atoms with Crippen LogP contribution in [0.2, 0.25) is 0 Å². The molecule has 0 aliphatic heterocycles. The van der Waals surface area contributed by atoms with E-state index < -0.39 is 0 Å². The molecule has 1 aliphatic rings. The van der Waals surface area contributed by atoms with Crippen LogP contribution in [0.3, 0.4) is 0 Å². The van der Waals surface area contributed by atoms with Gasteiger partial charge in [0.25, 0.3) is 0 Å². The average Bonchev–Trinajstić information content (AvgIpc) is 2.29. The molecule has 2 unspecified atom stereocenters. The molecule has 0 amide bonds. The molecular formula is C13H27NO2. The van der Waals surface area contributed by atoms with Crippen molar-refractivity contribution in [1.82, 2.24) is 5.32 Å². The highest BCUT2D eigenvalue weighted by Gasteiger charge is 2.52. The minimum absolute atomic E-state index is 0.348. The van der Waals surface area contributed by atoms with Crippen molar-refractivity contribution in [3.05, 3.63) is 0 Å². The van der Waals surface area contributed by atoms with Gasteiger partial charge in [0.05, 0.1) is 19.3 Å². The number of ether oxygens (including phenoxy) is 2. The molecule has 3 nitrogen and oxygen atoms in total. The summed E-state index contributed by atoms with van der Waals surface area (Å²) in [5, 5.41) is 3.41. The first-order valence-corrected chi connectivity index (χ1v) is 6.61. The van der Waals surface area contributed by atoms with Gasteiger partial charge in [-0.1, -0.05) is 13.8 Å². The molecule has 1 fully saturated rings. The molecule has 0 aromatic heterocycles. The van der Waals surface area contributed by atoms with Gasteiger partial charge in [0.15, 0.2) is 0 Å². The summed E-state index contributed by atoms with van der Waals surface area (Å²) >= 11 is 0. The Kier molecular flexibility index (Phi) is 5.73. The van der Waals surface area contributed by atoms with Crippen LogP contribution >= 0.6 is 0 Å². The van der Waals surface area contributed by atoms with E-state index in [0.717, 1.165) is 26.2 Å². The van der Waals surface area contributed by atoms with Crippen LogP contribution in [-0.4, -0.2) is 39.0 Å². The van der Waals surface area contributed by atoms with Gasteiger partial charge in [-0.15, -0.1) is 0 Å². The van der Waals surface area contributed by atoms with Crippen LogP contribution in [-0.2, 0) is 9.47 Å². The van der Waals surface area contributed by atoms with Crippen molar-refractivity contribution in [3.8, 4) is 0 Å². The number of nitrogens with one attached hydrogen (secondary N) is 1. The summed E-state index contributed by atoms with van der Waals surface area (Å²) < 4.78 is 11.2. The summed E-state index contributed by atoms with van der Waals surface area (Å²) in [5.41, 5.74) is 0.348. The highest BCUT2D eigenvalue weighted by molar-refractivity contribution is 5.06. The summed E-state index contributed by atoms with van der Waals surface area (Å²) in [7, 11) is 2.06. The van der Waals surface area contributed by atoms with Crippen molar-refractivity contribution >= 4 is 0 Å². The topological polar surface area (TPSA) is 30.5 Å². The van der Waals surface area contributed by atoms with Crippen molar-refractivity contribution in [2.45, 2.75) is 52.2 Å². The fourth-order valence-electron chi connectivity index (χ4n) is 2.98. The van der Waals surface area contributed by atoms with Gasteiger partial charge in [-0.2, -0.15) is 0 Å². The minimum atomic E-state index is 0.348. The predicted octanol–water partition coefficient (Wildman–Crippen LogP) is 2.21. The molecule has 16 heavy (non-hydrogen) atoms. The standard InChI is InChI=1S/C13H27NO2/c1-5-13(6-2)11(14-4)10-12(13)16-9-8-15-7-3/h11-12,14H,5-10H2,1-4H3. The van der Waals surface area contributed by atoms with E-state index in [-0.39, 0.29) is 0 Å². The molecule has 1 rings (SSSR count). The molecule has 0 spiro atoms. The molecule has 3 heteroatoms. The van der Waals surface area contributed by atoms with E-state index in [1.54, 1.807) is 0 Å². The first-order chi connectivity index (χ1) is 7.75. The maximum atomic E-state index is 5.94. The zero-order valence-electron chi connectivity index (χ0n) is 11.2. The lowest BCUT2D eigenvalue weighted by Crippen LogP contribution is -2.62. The van der Waals surface area contributed by atoms with Gasteiger partial charge in [0.1, 0.15) is 0 Å². The third kappa shape index (κ3) is 2.58. The van der Waals surface area contributed by atoms with Crippen molar-refractivity contribution in [2.75, 3.05) is 26.9 Å². The van der Waals surface area contributed by atoms with Crippen molar-refractivity contribution < 1.29 is 9.47 Å². The Balaban J connectivity index is 2.37. The van der Waals surface area contributed by atoms with E-state index in [2.05, 4.69) is 26.2 Å². The van der Waals surface area contributed by atoms with Gasteiger partial charge in [-0.25, -0.2) is 0 Å². The average molecular weight is 229 g/mol. The second-order valence-corrected chi connectivity index (χ2v) is 4.57. The molecule has 0 saturated heterocycles. The molecule has 2 atom stereocenters. The zero-order chi connectivity index (χ0) is 12.0. The van der Waals surface area contributed by atoms with E-state index in [1.807, 2.05) is 6.92 Å². The second-order valence-electron chi connectivity index (χ2n) is 4.57. The summed E-state index contributed by atoms with van der Waals surface area (Å²) in [6.07, 6.45) is 3.94. The third-order valence-electron chi connectivity index (χ3n) is 4.20. The lowest BCUT2D eigenvalue weighted by atomic mass is 9.59. The summed E-state index contributed by atoms with van der Waals surface area (Å²) in [4.78, 5) is 0. The molecule has 0 bridgehead atoms. The number of rotatable bonds is 8. The van der Waals surface area contributed by atoms with Crippen molar-refractivity contribution in [1.29, 1.82) is 0 Å². The zero-order valence-corrected chi connectivity index (χ0v) is 11.2. The van der Waals surface area contributed by atoms with Gasteiger partial charge in [-0.05, 0) is 33.2 Å². The lowest BCUT2D eigenvalue weighted by molar-refractivity contribution is -0.146. The molecule has 1 aliphatic carbocycles. The van der Waals surface area contributed by atoms with Crippen LogP contribution in [0.5, 0.6) is 0 Å². The summed E-state index contributed by atoms with van der Waals surface area (Å²) in [6, 6.07) is 0.625. The Morgan fingerprint density at radius 3 is 2.38 bits per heavy atom. The summed E-state index contributed by atoms with van der Waals surface area (Å²) in [6.45, 7) is 8.79. The molecule has 0 radical (unpaired) electrons. The van der Waals surface area contributed by atoms with E-state index in [1.165, 1.54) is 12.8 Å². The monoisotopic (exact) mass is 229 g/mol. The maximum Gasteiger partial charge on any atom is 0.0704 e. The van der Waals surface area contributed by atoms with Crippen LogP contribution in [0, 0.1) is 5.41 Å². The van der Waals surface area contributed by atoms with Crippen LogP contribution < -0.4 is 5.32 Å². The van der Waals surface area contributed by atoms with Crippen molar-refractivity contribution in [2.24, 2.45) is 5.41 Å². The van der Waals surface area contributed by atoms with E-state index in [4.69, 9.17) is 9.47 Å². The normalized spacial score (nSPS) is 27.8. The lowest BCUT2D eigenvalue weighted by Gasteiger charge is -2.55. The third-order valence-corrected chi connectivity index (χ3v) is 4.20. The molecule has 0 heterocycles.